The molecule has 0 atom stereocenters. The van der Waals surface area contributed by atoms with E-state index in [2.05, 4.69) is 22.3 Å². The molecule has 0 bridgehead atoms. The van der Waals surface area contributed by atoms with Crippen LogP contribution >= 0.6 is 0 Å². The molecule has 0 saturated carbocycles. The van der Waals surface area contributed by atoms with Crippen molar-refractivity contribution in [2.24, 2.45) is 0 Å². The third-order valence-electron chi connectivity index (χ3n) is 3.99. The van der Waals surface area contributed by atoms with Gasteiger partial charge in [-0.05, 0) is 23.3 Å². The maximum Gasteiger partial charge on any atom is 0.177 e. The Balaban J connectivity index is 1.92. The number of nitrogens with one attached hydrogen (secondary N) is 1. The average Bonchev–Trinajstić information content (AvgIpc) is 2.48. The van der Waals surface area contributed by atoms with E-state index in [-0.39, 0.29) is 5.78 Å². The van der Waals surface area contributed by atoms with Crippen molar-refractivity contribution in [3.63, 3.8) is 0 Å². The Labute approximate surface area is 119 Å². The van der Waals surface area contributed by atoms with E-state index in [4.69, 9.17) is 0 Å². The number of rotatable bonds is 3. The molecule has 1 heterocycles. The smallest absolute Gasteiger partial charge is 0.177 e. The Morgan fingerprint density at radius 1 is 1.15 bits per heavy atom. The normalized spacial score (nSPS) is 16.4. The highest BCUT2D eigenvalue weighted by atomic mass is 16.1. The molecule has 2 aromatic carbocycles. The zero-order chi connectivity index (χ0) is 13.9. The fraction of sp³-hybridized carbons (Fsp3) is 0.353. The Morgan fingerprint density at radius 2 is 1.90 bits per heavy atom. The molecule has 0 radical (unpaired) electrons. The van der Waals surface area contributed by atoms with Crippen LogP contribution in [0.3, 0.4) is 0 Å². The molecule has 2 aromatic rings. The molecular weight excluding hydrogens is 248 g/mol. The highest BCUT2D eigenvalue weighted by Gasteiger charge is 2.18. The van der Waals surface area contributed by atoms with Gasteiger partial charge in [0.15, 0.2) is 5.78 Å². The van der Waals surface area contributed by atoms with Crippen molar-refractivity contribution in [2.75, 3.05) is 32.7 Å². The van der Waals surface area contributed by atoms with Crippen LogP contribution in [-0.2, 0) is 0 Å². The third kappa shape index (κ3) is 2.60. The van der Waals surface area contributed by atoms with E-state index >= 15 is 0 Å². The van der Waals surface area contributed by atoms with E-state index in [9.17, 15) is 4.79 Å². The lowest BCUT2D eigenvalue weighted by molar-refractivity contribution is 0.0922. The molecule has 1 aliphatic heterocycles. The summed E-state index contributed by atoms with van der Waals surface area (Å²) >= 11 is 0. The standard InChI is InChI=1S/C17H20N2O/c1-13-6-7-14-4-2-3-5-15(14)17(13)16(20)12-19-10-8-18-9-11-19/h2-7,18H,8-12H2,1H3. The van der Waals surface area contributed by atoms with Crippen LogP contribution in [0.5, 0.6) is 0 Å². The van der Waals surface area contributed by atoms with Crippen molar-refractivity contribution in [2.45, 2.75) is 6.92 Å². The van der Waals surface area contributed by atoms with Crippen LogP contribution in [0.4, 0.5) is 0 Å². The van der Waals surface area contributed by atoms with Crippen molar-refractivity contribution in [1.29, 1.82) is 0 Å². The summed E-state index contributed by atoms with van der Waals surface area (Å²) < 4.78 is 0. The van der Waals surface area contributed by atoms with Crippen molar-refractivity contribution in [3.8, 4) is 0 Å². The summed E-state index contributed by atoms with van der Waals surface area (Å²) in [5.41, 5.74) is 1.96. The predicted molar refractivity (Wildman–Crippen MR) is 82.3 cm³/mol. The first-order chi connectivity index (χ1) is 9.75. The van der Waals surface area contributed by atoms with Gasteiger partial charge in [-0.1, -0.05) is 36.4 Å². The van der Waals surface area contributed by atoms with Crippen LogP contribution in [0, 0.1) is 6.92 Å². The van der Waals surface area contributed by atoms with E-state index in [0.29, 0.717) is 6.54 Å². The van der Waals surface area contributed by atoms with E-state index in [1.165, 1.54) is 0 Å². The maximum absolute atomic E-state index is 12.7. The number of hydrogen-bond acceptors (Lipinski definition) is 3. The van der Waals surface area contributed by atoms with Gasteiger partial charge in [-0.3, -0.25) is 9.69 Å². The van der Waals surface area contributed by atoms with Crippen LogP contribution in [0.1, 0.15) is 15.9 Å². The van der Waals surface area contributed by atoms with Gasteiger partial charge in [-0.2, -0.15) is 0 Å². The summed E-state index contributed by atoms with van der Waals surface area (Å²) in [5, 5.41) is 5.53. The van der Waals surface area contributed by atoms with E-state index in [0.717, 1.165) is 48.1 Å². The number of ketones is 1. The van der Waals surface area contributed by atoms with Crippen LogP contribution in [0.15, 0.2) is 36.4 Å². The van der Waals surface area contributed by atoms with Crippen molar-refractivity contribution >= 4 is 16.6 Å². The summed E-state index contributed by atoms with van der Waals surface area (Å²) in [5.74, 6) is 0.237. The predicted octanol–water partition coefficient (Wildman–Crippen LogP) is 2.24. The highest BCUT2D eigenvalue weighted by Crippen LogP contribution is 2.22. The summed E-state index contributed by atoms with van der Waals surface area (Å²) in [4.78, 5) is 14.9. The molecule has 1 fully saturated rings. The van der Waals surface area contributed by atoms with Crippen LogP contribution < -0.4 is 5.32 Å². The van der Waals surface area contributed by atoms with Gasteiger partial charge >= 0.3 is 0 Å². The summed E-state index contributed by atoms with van der Waals surface area (Å²) in [6.45, 7) is 6.41. The summed E-state index contributed by atoms with van der Waals surface area (Å²) in [6.07, 6.45) is 0. The zero-order valence-corrected chi connectivity index (χ0v) is 11.9. The lowest BCUT2D eigenvalue weighted by Crippen LogP contribution is -2.45. The quantitative estimate of drug-likeness (QED) is 0.867. The van der Waals surface area contributed by atoms with Crippen molar-refractivity contribution < 1.29 is 4.79 Å². The second-order valence-corrected chi connectivity index (χ2v) is 5.43. The molecule has 20 heavy (non-hydrogen) atoms. The lowest BCUT2D eigenvalue weighted by atomic mass is 9.96. The molecule has 3 nitrogen and oxygen atoms in total. The van der Waals surface area contributed by atoms with Gasteiger partial charge < -0.3 is 5.32 Å². The number of fused-ring (bicyclic) bond motifs is 1. The molecule has 0 unspecified atom stereocenters. The number of benzene rings is 2. The fourth-order valence-corrected chi connectivity index (χ4v) is 2.90. The summed E-state index contributed by atoms with van der Waals surface area (Å²) in [7, 11) is 0. The highest BCUT2D eigenvalue weighted by molar-refractivity contribution is 6.10. The second-order valence-electron chi connectivity index (χ2n) is 5.43. The molecular formula is C17H20N2O. The summed E-state index contributed by atoms with van der Waals surface area (Å²) in [6, 6.07) is 12.3. The van der Waals surface area contributed by atoms with Gasteiger partial charge in [0.1, 0.15) is 0 Å². The number of piperazine rings is 1. The number of Topliss-reactive ketones (excluding diaryl/α,β-unsaturated/α-hetero) is 1. The van der Waals surface area contributed by atoms with Gasteiger partial charge in [0.25, 0.3) is 0 Å². The Morgan fingerprint density at radius 3 is 2.70 bits per heavy atom. The molecule has 0 amide bonds. The number of carbonyl (C=O) groups excluding carboxylic acids is 1. The number of hydrogen-bond donors (Lipinski definition) is 1. The molecule has 0 aliphatic carbocycles. The fourth-order valence-electron chi connectivity index (χ4n) is 2.90. The molecule has 1 aliphatic rings. The third-order valence-corrected chi connectivity index (χ3v) is 3.99. The number of carbonyl (C=O) groups is 1. The first-order valence-corrected chi connectivity index (χ1v) is 7.20. The Hall–Kier alpha value is -1.71. The van der Waals surface area contributed by atoms with Crippen LogP contribution in [0.2, 0.25) is 0 Å². The first-order valence-electron chi connectivity index (χ1n) is 7.20. The topological polar surface area (TPSA) is 32.3 Å². The maximum atomic E-state index is 12.7. The van der Waals surface area contributed by atoms with Crippen molar-refractivity contribution in [3.05, 3.63) is 47.5 Å². The molecule has 0 spiro atoms. The number of nitrogens with zero attached hydrogens (tertiary/aromatic N) is 1. The molecule has 0 aromatic heterocycles. The molecule has 104 valence electrons. The Bertz CT molecular complexity index is 630. The van der Waals surface area contributed by atoms with Gasteiger partial charge in [0.2, 0.25) is 0 Å². The zero-order valence-electron chi connectivity index (χ0n) is 11.9. The SMILES string of the molecule is Cc1ccc2ccccc2c1C(=O)CN1CCNCC1. The Kier molecular flexibility index (Phi) is 3.81. The first kappa shape index (κ1) is 13.3. The van der Waals surface area contributed by atoms with E-state index in [1.54, 1.807) is 0 Å². The molecule has 3 heteroatoms. The minimum absolute atomic E-state index is 0.237. The van der Waals surface area contributed by atoms with Crippen LogP contribution in [-0.4, -0.2) is 43.4 Å². The molecule has 1 saturated heterocycles. The van der Waals surface area contributed by atoms with E-state index < -0.39 is 0 Å². The van der Waals surface area contributed by atoms with Gasteiger partial charge in [-0.25, -0.2) is 0 Å². The average molecular weight is 268 g/mol. The van der Waals surface area contributed by atoms with Crippen LogP contribution in [0.25, 0.3) is 10.8 Å². The van der Waals surface area contributed by atoms with Crippen molar-refractivity contribution in [1.82, 2.24) is 10.2 Å². The van der Waals surface area contributed by atoms with E-state index in [1.807, 2.05) is 31.2 Å². The number of aryl methyl sites for hydroxylation is 1. The van der Waals surface area contributed by atoms with Gasteiger partial charge in [0, 0.05) is 31.7 Å². The largest absolute Gasteiger partial charge is 0.314 e. The van der Waals surface area contributed by atoms with Gasteiger partial charge in [-0.15, -0.1) is 0 Å². The second kappa shape index (κ2) is 5.73. The minimum atomic E-state index is 0.237. The lowest BCUT2D eigenvalue weighted by Gasteiger charge is -2.26. The molecule has 3 rings (SSSR count). The van der Waals surface area contributed by atoms with Gasteiger partial charge in [0.05, 0.1) is 6.54 Å². The monoisotopic (exact) mass is 268 g/mol. The minimum Gasteiger partial charge on any atom is -0.314 e. The molecule has 1 N–H and O–H groups in total.